The average Bonchev–Trinajstić information content (AvgIpc) is 3.59. The lowest BCUT2D eigenvalue weighted by molar-refractivity contribution is 0.660. The first-order chi connectivity index (χ1) is 22.1. The van der Waals surface area contributed by atoms with Crippen molar-refractivity contribution >= 4 is 44.1 Å². The minimum Gasteiger partial charge on any atom is -0.454 e. The van der Waals surface area contributed by atoms with Crippen molar-refractivity contribution in [2.45, 2.75) is 44.9 Å². The smallest absolute Gasteiger partial charge is 0.159 e. The van der Waals surface area contributed by atoms with Gasteiger partial charge in [0.25, 0.3) is 0 Å². The summed E-state index contributed by atoms with van der Waals surface area (Å²) < 4.78 is 6.83. The molecule has 0 radical (unpaired) electrons. The van der Waals surface area contributed by atoms with Crippen molar-refractivity contribution in [3.8, 4) is 11.1 Å². The molecule has 0 N–H and O–H groups in total. The number of para-hydroxylation sites is 1. The zero-order chi connectivity index (χ0) is 30.1. The van der Waals surface area contributed by atoms with Crippen LogP contribution in [0.4, 0.5) is 11.4 Å². The lowest BCUT2D eigenvalue weighted by Gasteiger charge is -2.32. The molecule has 0 fully saturated rings. The van der Waals surface area contributed by atoms with Gasteiger partial charge in [-0.3, -0.25) is 0 Å². The van der Waals surface area contributed by atoms with E-state index in [2.05, 4.69) is 146 Å². The van der Waals surface area contributed by atoms with Crippen molar-refractivity contribution < 1.29 is 4.42 Å². The predicted octanol–water partition coefficient (Wildman–Crippen LogP) is 12.1. The van der Waals surface area contributed by atoms with Crippen LogP contribution in [0.5, 0.6) is 0 Å². The predicted molar refractivity (Wildman–Crippen MR) is 189 cm³/mol. The first-order valence-electron chi connectivity index (χ1n) is 16.2. The summed E-state index contributed by atoms with van der Waals surface area (Å²) in [4.78, 5) is 2.51. The fraction of sp³-hybridized carbons (Fsp3) is 0.163. The molecule has 0 atom stereocenters. The van der Waals surface area contributed by atoms with E-state index in [1.165, 1.54) is 60.9 Å². The van der Waals surface area contributed by atoms with Gasteiger partial charge in [0.15, 0.2) is 5.58 Å². The van der Waals surface area contributed by atoms with Gasteiger partial charge in [0.1, 0.15) is 5.58 Å². The summed E-state index contributed by atoms with van der Waals surface area (Å²) in [6.45, 7) is 4.72. The number of allylic oxidation sites excluding steroid dienone is 8. The van der Waals surface area contributed by atoms with Gasteiger partial charge in [0.2, 0.25) is 0 Å². The van der Waals surface area contributed by atoms with Crippen LogP contribution >= 0.6 is 0 Å². The van der Waals surface area contributed by atoms with Crippen LogP contribution in [0.15, 0.2) is 149 Å². The fourth-order valence-electron chi connectivity index (χ4n) is 8.04. The van der Waals surface area contributed by atoms with Crippen molar-refractivity contribution in [3.63, 3.8) is 0 Å². The Balaban J connectivity index is 1.32. The molecule has 3 aliphatic rings. The van der Waals surface area contributed by atoms with Crippen LogP contribution in [-0.4, -0.2) is 0 Å². The van der Waals surface area contributed by atoms with Crippen molar-refractivity contribution in [2.24, 2.45) is 0 Å². The number of anilines is 2. The molecule has 0 aliphatic heterocycles. The SMILES string of the molecule is CC1(C)c2ccccc2-c2c(N(C3=CC=C(C4=CC=CCC4)CC3)c3cccc4c3oc3ccc5ccccc5c34)cccc21. The summed E-state index contributed by atoms with van der Waals surface area (Å²) in [6.07, 6.45) is 15.7. The highest BCUT2D eigenvalue weighted by Gasteiger charge is 2.38. The van der Waals surface area contributed by atoms with Crippen LogP contribution in [0.2, 0.25) is 0 Å². The second-order valence-corrected chi connectivity index (χ2v) is 13.1. The molecule has 0 amide bonds. The Kier molecular flexibility index (Phi) is 5.83. The Hall–Kier alpha value is -5.08. The molecule has 1 aromatic heterocycles. The van der Waals surface area contributed by atoms with Crippen molar-refractivity contribution in [3.05, 3.63) is 155 Å². The minimum atomic E-state index is -0.0765. The number of furan rings is 1. The van der Waals surface area contributed by atoms with E-state index in [1.54, 1.807) is 0 Å². The van der Waals surface area contributed by atoms with E-state index in [-0.39, 0.29) is 5.41 Å². The molecule has 218 valence electrons. The van der Waals surface area contributed by atoms with Gasteiger partial charge >= 0.3 is 0 Å². The molecule has 9 rings (SSSR count). The molecule has 3 aliphatic carbocycles. The van der Waals surface area contributed by atoms with Gasteiger partial charge in [-0.05, 0) is 88.6 Å². The highest BCUT2D eigenvalue weighted by molar-refractivity contribution is 6.21. The maximum absolute atomic E-state index is 6.83. The second kappa shape index (κ2) is 9.97. The molecule has 45 heavy (non-hydrogen) atoms. The molecule has 6 aromatic rings. The quantitative estimate of drug-likeness (QED) is 0.206. The van der Waals surface area contributed by atoms with Crippen molar-refractivity contribution in [2.75, 3.05) is 4.90 Å². The monoisotopic (exact) mass is 581 g/mol. The molecule has 1 heterocycles. The third-order valence-electron chi connectivity index (χ3n) is 10.3. The van der Waals surface area contributed by atoms with Crippen molar-refractivity contribution in [1.82, 2.24) is 0 Å². The number of benzene rings is 5. The van der Waals surface area contributed by atoms with Crippen LogP contribution in [0.1, 0.15) is 50.7 Å². The van der Waals surface area contributed by atoms with E-state index in [0.717, 1.165) is 47.9 Å². The number of nitrogens with zero attached hydrogens (tertiary/aromatic N) is 1. The molecule has 0 saturated heterocycles. The largest absolute Gasteiger partial charge is 0.454 e. The molecule has 0 spiro atoms. The zero-order valence-electron chi connectivity index (χ0n) is 25.8. The molecule has 2 heteroatoms. The first-order valence-corrected chi connectivity index (χ1v) is 16.2. The average molecular weight is 582 g/mol. The van der Waals surface area contributed by atoms with E-state index >= 15 is 0 Å². The molecular formula is C43H35NO. The van der Waals surface area contributed by atoms with Crippen LogP contribution in [0.3, 0.4) is 0 Å². The highest BCUT2D eigenvalue weighted by atomic mass is 16.3. The van der Waals surface area contributed by atoms with Crippen molar-refractivity contribution in [1.29, 1.82) is 0 Å². The number of fused-ring (bicyclic) bond motifs is 8. The Labute approximate surface area is 264 Å². The Morgan fingerprint density at radius 1 is 0.644 bits per heavy atom. The maximum atomic E-state index is 6.83. The minimum absolute atomic E-state index is 0.0765. The topological polar surface area (TPSA) is 16.4 Å². The zero-order valence-corrected chi connectivity index (χ0v) is 25.8. The lowest BCUT2D eigenvalue weighted by Crippen LogP contribution is -2.20. The Morgan fingerprint density at radius 3 is 2.29 bits per heavy atom. The molecular weight excluding hydrogens is 546 g/mol. The summed E-state index contributed by atoms with van der Waals surface area (Å²) in [7, 11) is 0. The normalized spacial score (nSPS) is 16.8. The van der Waals surface area contributed by atoms with Crippen LogP contribution in [0, 0.1) is 0 Å². The van der Waals surface area contributed by atoms with E-state index in [4.69, 9.17) is 4.42 Å². The molecule has 0 saturated carbocycles. The van der Waals surface area contributed by atoms with E-state index in [0.29, 0.717) is 0 Å². The molecule has 0 bridgehead atoms. The number of hydrogen-bond acceptors (Lipinski definition) is 2. The number of hydrogen-bond donors (Lipinski definition) is 0. The Morgan fingerprint density at radius 2 is 1.42 bits per heavy atom. The van der Waals surface area contributed by atoms with Gasteiger partial charge in [0, 0.05) is 27.4 Å². The first kappa shape index (κ1) is 26.3. The van der Waals surface area contributed by atoms with E-state index < -0.39 is 0 Å². The summed E-state index contributed by atoms with van der Waals surface area (Å²) >= 11 is 0. The molecule has 0 unspecified atom stereocenters. The van der Waals surface area contributed by atoms with Gasteiger partial charge < -0.3 is 9.32 Å². The van der Waals surface area contributed by atoms with Crippen LogP contribution in [-0.2, 0) is 5.41 Å². The fourth-order valence-corrected chi connectivity index (χ4v) is 8.04. The Bertz CT molecular complexity index is 2300. The summed E-state index contributed by atoms with van der Waals surface area (Å²) in [5.74, 6) is 0. The van der Waals surface area contributed by atoms with Gasteiger partial charge in [0.05, 0.1) is 11.4 Å². The van der Waals surface area contributed by atoms with E-state index in [1.807, 2.05) is 0 Å². The molecule has 2 nitrogen and oxygen atoms in total. The second-order valence-electron chi connectivity index (χ2n) is 13.1. The van der Waals surface area contributed by atoms with E-state index in [9.17, 15) is 0 Å². The summed E-state index contributed by atoms with van der Waals surface area (Å²) in [5.41, 5.74) is 13.7. The van der Waals surface area contributed by atoms with Gasteiger partial charge in [-0.25, -0.2) is 0 Å². The third-order valence-corrected chi connectivity index (χ3v) is 10.3. The van der Waals surface area contributed by atoms with Crippen LogP contribution < -0.4 is 4.90 Å². The van der Waals surface area contributed by atoms with Crippen LogP contribution in [0.25, 0.3) is 43.8 Å². The van der Waals surface area contributed by atoms with Gasteiger partial charge in [-0.2, -0.15) is 0 Å². The maximum Gasteiger partial charge on any atom is 0.159 e. The number of rotatable bonds is 4. The molecule has 5 aromatic carbocycles. The van der Waals surface area contributed by atoms with Gasteiger partial charge in [-0.1, -0.05) is 117 Å². The van der Waals surface area contributed by atoms with Gasteiger partial charge in [-0.15, -0.1) is 0 Å². The standard InChI is InChI=1S/C43H35NO/c1-43(2)35-18-9-8-16-33(35)41-36(43)19-11-20-37(41)44(31-25-22-29(23-26-31)28-12-4-3-5-13-28)38-21-10-17-34-40-32-15-7-6-14-30(32)24-27-39(40)45-42(34)38/h3-4,6-12,14-22,24-25,27H,5,13,23,26H2,1-2H3. The third kappa shape index (κ3) is 3.95. The highest BCUT2D eigenvalue weighted by Crippen LogP contribution is 2.54. The summed E-state index contributed by atoms with van der Waals surface area (Å²) in [5, 5.41) is 4.80. The summed E-state index contributed by atoms with van der Waals surface area (Å²) in [6, 6.07) is 35.4. The lowest BCUT2D eigenvalue weighted by atomic mass is 9.82.